The summed E-state index contributed by atoms with van der Waals surface area (Å²) in [5.74, 6) is -4.36. The van der Waals surface area contributed by atoms with Crippen LogP contribution in [0.5, 0.6) is 0 Å². The SMILES string of the molecule is CC(C)=CCCc1cc(C(=O)O)n[nH]1.CC(C)CCc1cc(C(=O)O)n[nH]1.O=C(O)c1cc(CCc2ccc(Cl)cc2)c(Br)[nH]1.O=C(O)c1cc(CCc2ccc(F)cc2)c[nH]1.O=C(O)c1cc2c([nH]1)CCCC2. The van der Waals surface area contributed by atoms with Gasteiger partial charge in [-0.2, -0.15) is 10.2 Å². The van der Waals surface area contributed by atoms with Gasteiger partial charge in [0.15, 0.2) is 11.4 Å². The summed E-state index contributed by atoms with van der Waals surface area (Å²) in [5.41, 5.74) is 10.3. The van der Waals surface area contributed by atoms with Crippen molar-refractivity contribution in [3.8, 4) is 0 Å². The molecule has 74 heavy (non-hydrogen) atoms. The molecule has 0 amide bonds. The minimum atomic E-state index is -0.991. The second kappa shape index (κ2) is 29.9. The van der Waals surface area contributed by atoms with Gasteiger partial charge in [0.05, 0.1) is 4.60 Å². The molecular formula is C54H62BrClFN7O10. The molecule has 10 N–H and O–H groups in total. The average molecular weight is 1100 g/mol. The molecule has 1 aliphatic rings. The lowest BCUT2D eigenvalue weighted by Crippen LogP contribution is -2.00. The van der Waals surface area contributed by atoms with Gasteiger partial charge in [-0.3, -0.25) is 10.2 Å². The molecular weight excluding hydrogens is 1040 g/mol. The molecule has 0 unspecified atom stereocenters. The first kappa shape index (κ1) is 59.1. The van der Waals surface area contributed by atoms with Gasteiger partial charge in [0.2, 0.25) is 0 Å². The van der Waals surface area contributed by atoms with Crippen molar-refractivity contribution in [2.24, 2.45) is 5.92 Å². The zero-order valence-electron chi connectivity index (χ0n) is 41.5. The fourth-order valence-corrected chi connectivity index (χ4v) is 7.88. The molecule has 17 nitrogen and oxygen atoms in total. The fraction of sp³-hybridized carbons (Fsp3) is 0.315. The summed E-state index contributed by atoms with van der Waals surface area (Å²) in [6, 6.07) is 22.2. The van der Waals surface area contributed by atoms with Gasteiger partial charge in [0.25, 0.3) is 0 Å². The number of H-pyrrole nitrogens is 5. The quantitative estimate of drug-likeness (QED) is 0.0381. The average Bonchev–Trinajstić information content (AvgIpc) is 4.22. The number of nitrogens with one attached hydrogen (secondary N) is 5. The van der Waals surface area contributed by atoms with Crippen LogP contribution in [0, 0.1) is 11.7 Å². The van der Waals surface area contributed by atoms with E-state index in [1.54, 1.807) is 48.7 Å². The van der Waals surface area contributed by atoms with Gasteiger partial charge in [-0.15, -0.1) is 0 Å². The van der Waals surface area contributed by atoms with Crippen molar-refractivity contribution >= 4 is 57.4 Å². The number of carboxylic acids is 5. The summed E-state index contributed by atoms with van der Waals surface area (Å²) in [4.78, 5) is 61.4. The summed E-state index contributed by atoms with van der Waals surface area (Å²) in [6.07, 6.45) is 14.9. The molecule has 0 fully saturated rings. The predicted octanol–water partition coefficient (Wildman–Crippen LogP) is 11.8. The molecule has 20 heteroatoms. The van der Waals surface area contributed by atoms with Gasteiger partial charge < -0.3 is 40.5 Å². The number of nitrogens with zero attached hydrogens (tertiary/aromatic N) is 2. The molecule has 0 bridgehead atoms. The number of aryl methyl sites for hydroxylation is 8. The van der Waals surface area contributed by atoms with E-state index in [9.17, 15) is 28.4 Å². The van der Waals surface area contributed by atoms with Crippen molar-refractivity contribution in [2.45, 2.75) is 105 Å². The van der Waals surface area contributed by atoms with Gasteiger partial charge >= 0.3 is 29.8 Å². The number of carbonyl (C=O) groups is 5. The second-order valence-electron chi connectivity index (χ2n) is 17.9. The molecule has 7 aromatic rings. The maximum atomic E-state index is 12.7. The van der Waals surface area contributed by atoms with Crippen LogP contribution in [0.3, 0.4) is 0 Å². The van der Waals surface area contributed by atoms with Crippen molar-refractivity contribution in [3.05, 3.63) is 186 Å². The highest BCUT2D eigenvalue weighted by molar-refractivity contribution is 9.10. The molecule has 0 atom stereocenters. The van der Waals surface area contributed by atoms with Gasteiger partial charge in [0.1, 0.15) is 22.9 Å². The maximum Gasteiger partial charge on any atom is 0.356 e. The first-order chi connectivity index (χ1) is 35.2. The fourth-order valence-electron chi connectivity index (χ4n) is 7.22. The molecule has 8 rings (SSSR count). The van der Waals surface area contributed by atoms with Crippen molar-refractivity contribution in [1.29, 1.82) is 0 Å². The number of fused-ring (bicyclic) bond motifs is 1. The standard InChI is InChI=1S/C13H11BrClNO2.C13H12FNO2.C10H14N2O2.C9H14N2O2.C9H11NO2/c14-12-9(7-11(16-12)13(17)18)4-1-8-2-5-10(15)6-3-8;14-11-5-3-9(4-6-11)1-2-10-7-12(13(16)17)15-8-10;1-7(2)4-3-5-8-6-9(10(13)14)12-11-8;1-6(2)3-4-7-5-8(9(12)13)11-10-7;11-9(12)8-5-6-3-1-2-4-7(6)10-8/h2-3,5-7,16H,1,4H2,(H,17,18);3-8,15H,1-2H2,(H,16,17);4,6H,3,5H2,1-2H3,(H,11,12)(H,13,14);5-6H,3-4H2,1-2H3,(H,10,11)(H,12,13);5,10H,1-4H2,(H,11,12). The Morgan fingerprint density at radius 1 is 0.649 bits per heavy atom. The van der Waals surface area contributed by atoms with Gasteiger partial charge in [-0.05, 0) is 195 Å². The molecule has 394 valence electrons. The first-order valence-corrected chi connectivity index (χ1v) is 25.0. The van der Waals surface area contributed by atoms with E-state index >= 15 is 0 Å². The number of aromatic amines is 5. The summed E-state index contributed by atoms with van der Waals surface area (Å²) < 4.78 is 13.4. The Kier molecular flexibility index (Phi) is 23.8. The van der Waals surface area contributed by atoms with Crippen LogP contribution in [0.25, 0.3) is 0 Å². The van der Waals surface area contributed by atoms with Crippen molar-refractivity contribution < 1.29 is 53.9 Å². The number of aromatic carboxylic acids is 5. The highest BCUT2D eigenvalue weighted by Crippen LogP contribution is 2.22. The van der Waals surface area contributed by atoms with Crippen LogP contribution < -0.4 is 0 Å². The molecule has 0 saturated heterocycles. The topological polar surface area (TPSA) is 291 Å². The molecule has 2 aromatic carbocycles. The van der Waals surface area contributed by atoms with Crippen LogP contribution in [0.4, 0.5) is 4.39 Å². The third-order valence-corrected chi connectivity index (χ3v) is 12.2. The zero-order chi connectivity index (χ0) is 54.3. The Balaban J connectivity index is 0.000000202. The maximum absolute atomic E-state index is 12.7. The van der Waals surface area contributed by atoms with Gasteiger partial charge in [-0.1, -0.05) is 61.4 Å². The van der Waals surface area contributed by atoms with E-state index in [1.165, 1.54) is 41.7 Å². The first-order valence-electron chi connectivity index (χ1n) is 23.8. The van der Waals surface area contributed by atoms with Crippen LogP contribution in [0.15, 0.2) is 101 Å². The summed E-state index contributed by atoms with van der Waals surface area (Å²) in [6.45, 7) is 8.34. The largest absolute Gasteiger partial charge is 0.477 e. The van der Waals surface area contributed by atoms with Crippen LogP contribution in [-0.2, 0) is 51.4 Å². The van der Waals surface area contributed by atoms with E-state index in [4.69, 9.17) is 37.1 Å². The Bertz CT molecular complexity index is 2920. The molecule has 5 heterocycles. The highest BCUT2D eigenvalue weighted by Gasteiger charge is 2.16. The number of hydrogen-bond donors (Lipinski definition) is 10. The minimum absolute atomic E-state index is 0.0807. The number of hydrogen-bond acceptors (Lipinski definition) is 7. The lowest BCUT2D eigenvalue weighted by molar-refractivity contribution is 0.0679. The third-order valence-electron chi connectivity index (χ3n) is 11.3. The van der Waals surface area contributed by atoms with Crippen molar-refractivity contribution in [2.75, 3.05) is 0 Å². The summed E-state index contributed by atoms with van der Waals surface area (Å²) >= 11 is 9.15. The summed E-state index contributed by atoms with van der Waals surface area (Å²) in [5, 5.41) is 57.0. The third kappa shape index (κ3) is 20.9. The smallest absolute Gasteiger partial charge is 0.356 e. The lowest BCUT2D eigenvalue weighted by atomic mass is 9.98. The van der Waals surface area contributed by atoms with Crippen LogP contribution in [-0.4, -0.2) is 90.7 Å². The van der Waals surface area contributed by atoms with E-state index in [0.29, 0.717) is 11.6 Å². The zero-order valence-corrected chi connectivity index (χ0v) is 43.9. The number of benzene rings is 2. The second-order valence-corrected chi connectivity index (χ2v) is 19.2. The van der Waals surface area contributed by atoms with Crippen LogP contribution >= 0.6 is 27.5 Å². The van der Waals surface area contributed by atoms with Gasteiger partial charge in [-0.25, -0.2) is 28.4 Å². The number of aromatic nitrogens is 7. The molecule has 1 aliphatic carbocycles. The minimum Gasteiger partial charge on any atom is -0.477 e. The van der Waals surface area contributed by atoms with E-state index in [0.717, 1.165) is 108 Å². The number of allylic oxidation sites excluding steroid dienone is 2. The molecule has 5 aromatic heterocycles. The Morgan fingerprint density at radius 3 is 1.68 bits per heavy atom. The molecule has 0 radical (unpaired) electrons. The molecule has 0 aliphatic heterocycles. The normalized spacial score (nSPS) is 11.2. The van der Waals surface area contributed by atoms with Crippen molar-refractivity contribution in [3.63, 3.8) is 0 Å². The van der Waals surface area contributed by atoms with Crippen LogP contribution in [0.1, 0.15) is 151 Å². The number of halogens is 3. The predicted molar refractivity (Wildman–Crippen MR) is 282 cm³/mol. The Hall–Kier alpha value is -7.51. The van der Waals surface area contributed by atoms with Crippen molar-refractivity contribution in [1.82, 2.24) is 35.3 Å². The Labute approximate surface area is 440 Å². The monoisotopic (exact) mass is 1100 g/mol. The number of rotatable bonds is 17. The summed E-state index contributed by atoms with van der Waals surface area (Å²) in [7, 11) is 0. The van der Waals surface area contributed by atoms with E-state index in [1.807, 2.05) is 38.1 Å². The van der Waals surface area contributed by atoms with E-state index in [2.05, 4.69) is 71.2 Å². The lowest BCUT2D eigenvalue weighted by Gasteiger charge is -2.08. The highest BCUT2D eigenvalue weighted by atomic mass is 79.9. The van der Waals surface area contributed by atoms with Gasteiger partial charge in [0, 0.05) is 28.3 Å². The molecule has 0 spiro atoms. The Morgan fingerprint density at radius 2 is 1.18 bits per heavy atom. The van der Waals surface area contributed by atoms with Crippen LogP contribution in [0.2, 0.25) is 5.02 Å². The molecule has 0 saturated carbocycles. The number of carboxylic acid groups (broad SMARTS) is 5. The van der Waals surface area contributed by atoms with E-state index in [-0.39, 0.29) is 28.6 Å². The van der Waals surface area contributed by atoms with E-state index < -0.39 is 29.8 Å².